The van der Waals surface area contributed by atoms with E-state index in [1.165, 1.54) is 24.3 Å². The topological polar surface area (TPSA) is 161 Å². The summed E-state index contributed by atoms with van der Waals surface area (Å²) >= 11 is 0. The van der Waals surface area contributed by atoms with E-state index in [4.69, 9.17) is 0 Å². The SMILES string of the molecule is O=C1c2cccc([N+](=O)[O-])c2C(=O)N1CCN1C(=O)c2cccc([N+](=O)[O-])c2C1=O. The van der Waals surface area contributed by atoms with Gasteiger partial charge in [0.25, 0.3) is 35.0 Å². The van der Waals surface area contributed by atoms with Crippen LogP contribution in [0.4, 0.5) is 11.4 Å². The molecule has 2 aliphatic heterocycles. The lowest BCUT2D eigenvalue weighted by Crippen LogP contribution is -2.40. The van der Waals surface area contributed by atoms with Crippen molar-refractivity contribution >= 4 is 35.0 Å². The average Bonchev–Trinajstić information content (AvgIpc) is 3.11. The number of amides is 4. The van der Waals surface area contributed by atoms with Crippen molar-refractivity contribution in [3.63, 3.8) is 0 Å². The number of hydrogen-bond acceptors (Lipinski definition) is 8. The predicted octanol–water partition coefficient (Wildman–Crippen LogP) is 1.40. The molecule has 4 amide bonds. The molecule has 0 N–H and O–H groups in total. The zero-order valence-electron chi connectivity index (χ0n) is 14.9. The van der Waals surface area contributed by atoms with Gasteiger partial charge >= 0.3 is 0 Å². The monoisotopic (exact) mass is 410 g/mol. The number of nitro groups is 2. The van der Waals surface area contributed by atoms with E-state index in [0.29, 0.717) is 9.80 Å². The average molecular weight is 410 g/mol. The summed E-state index contributed by atoms with van der Waals surface area (Å²) in [6, 6.07) is 7.28. The van der Waals surface area contributed by atoms with Crippen LogP contribution in [0.15, 0.2) is 36.4 Å². The van der Waals surface area contributed by atoms with Gasteiger partial charge in [-0.1, -0.05) is 12.1 Å². The fraction of sp³-hybridized carbons (Fsp3) is 0.111. The fourth-order valence-corrected chi connectivity index (χ4v) is 3.54. The molecule has 0 bridgehead atoms. The van der Waals surface area contributed by atoms with Gasteiger partial charge in [0.2, 0.25) is 0 Å². The first kappa shape index (κ1) is 18.9. The van der Waals surface area contributed by atoms with Gasteiger partial charge in [-0.25, -0.2) is 0 Å². The quantitative estimate of drug-likeness (QED) is 0.406. The van der Waals surface area contributed by atoms with Crippen LogP contribution >= 0.6 is 0 Å². The molecule has 12 nitrogen and oxygen atoms in total. The van der Waals surface area contributed by atoms with Gasteiger partial charge in [-0.15, -0.1) is 0 Å². The van der Waals surface area contributed by atoms with Gasteiger partial charge in [-0.05, 0) is 12.1 Å². The Balaban J connectivity index is 1.59. The molecule has 4 rings (SSSR count). The molecule has 2 aliphatic rings. The van der Waals surface area contributed by atoms with Crippen LogP contribution in [0, 0.1) is 20.2 Å². The van der Waals surface area contributed by atoms with Gasteiger partial charge in [-0.3, -0.25) is 49.2 Å². The normalized spacial score (nSPS) is 14.9. The van der Waals surface area contributed by atoms with E-state index >= 15 is 0 Å². The van der Waals surface area contributed by atoms with Crippen LogP contribution in [0.25, 0.3) is 0 Å². The molecular formula is C18H10N4O8. The van der Waals surface area contributed by atoms with Gasteiger partial charge in [-0.2, -0.15) is 0 Å². The van der Waals surface area contributed by atoms with Crippen LogP contribution in [-0.4, -0.2) is 56.4 Å². The van der Waals surface area contributed by atoms with Crippen LogP contribution in [0.3, 0.4) is 0 Å². The summed E-state index contributed by atoms with van der Waals surface area (Å²) in [7, 11) is 0. The summed E-state index contributed by atoms with van der Waals surface area (Å²) in [5, 5.41) is 22.3. The van der Waals surface area contributed by atoms with Gasteiger partial charge in [0.05, 0.1) is 21.0 Å². The van der Waals surface area contributed by atoms with Crippen LogP contribution in [-0.2, 0) is 0 Å². The van der Waals surface area contributed by atoms with Crippen molar-refractivity contribution in [3.05, 3.63) is 78.9 Å². The van der Waals surface area contributed by atoms with E-state index in [9.17, 15) is 39.4 Å². The Morgan fingerprint density at radius 3 is 1.33 bits per heavy atom. The second kappa shape index (κ2) is 6.55. The Kier molecular flexibility index (Phi) is 4.12. The minimum atomic E-state index is -0.912. The minimum Gasteiger partial charge on any atom is -0.272 e. The molecule has 0 fully saturated rings. The standard InChI is InChI=1S/C18H10N4O8/c23-15-9-3-1-5-11(21(27)28)13(9)17(25)19(15)7-8-20-16(24)10-4-2-6-12(22(29)30)14(10)18(20)26/h1-6H,7-8H2. The maximum Gasteiger partial charge on any atom is 0.282 e. The summed E-state index contributed by atoms with van der Waals surface area (Å²) in [6.45, 7) is -0.828. The van der Waals surface area contributed by atoms with E-state index in [1.807, 2.05) is 0 Å². The second-order valence-corrected chi connectivity index (χ2v) is 6.44. The molecular weight excluding hydrogens is 400 g/mol. The Hall–Kier alpha value is -4.48. The van der Waals surface area contributed by atoms with Crippen molar-refractivity contribution in [1.82, 2.24) is 9.80 Å². The third-order valence-electron chi connectivity index (χ3n) is 4.89. The molecule has 30 heavy (non-hydrogen) atoms. The number of carbonyl (C=O) groups excluding carboxylic acids is 4. The van der Waals surface area contributed by atoms with Crippen LogP contribution in [0.1, 0.15) is 41.4 Å². The molecule has 0 saturated heterocycles. The molecule has 0 spiro atoms. The van der Waals surface area contributed by atoms with Gasteiger partial charge < -0.3 is 0 Å². The molecule has 150 valence electrons. The summed E-state index contributed by atoms with van der Waals surface area (Å²) in [5.74, 6) is -3.41. The number of imide groups is 2. The molecule has 12 heteroatoms. The highest BCUT2D eigenvalue weighted by Crippen LogP contribution is 2.32. The number of carbonyl (C=O) groups is 4. The first-order chi connectivity index (χ1) is 14.2. The first-order valence-electron chi connectivity index (χ1n) is 8.51. The van der Waals surface area contributed by atoms with Crippen LogP contribution in [0.2, 0.25) is 0 Å². The molecule has 2 heterocycles. The Morgan fingerprint density at radius 1 is 0.633 bits per heavy atom. The van der Waals surface area contributed by atoms with Crippen molar-refractivity contribution < 1.29 is 29.0 Å². The van der Waals surface area contributed by atoms with Crippen molar-refractivity contribution in [1.29, 1.82) is 0 Å². The highest BCUT2D eigenvalue weighted by atomic mass is 16.6. The van der Waals surface area contributed by atoms with E-state index in [1.54, 1.807) is 0 Å². The third kappa shape index (κ3) is 2.54. The summed E-state index contributed by atoms with van der Waals surface area (Å²) in [4.78, 5) is 72.4. The highest BCUT2D eigenvalue weighted by Gasteiger charge is 2.44. The van der Waals surface area contributed by atoms with E-state index in [-0.39, 0.29) is 22.3 Å². The number of fused-ring (bicyclic) bond motifs is 2. The van der Waals surface area contributed by atoms with Crippen molar-refractivity contribution in [2.24, 2.45) is 0 Å². The van der Waals surface area contributed by atoms with Crippen molar-refractivity contribution in [2.45, 2.75) is 0 Å². The number of rotatable bonds is 5. The third-order valence-corrected chi connectivity index (χ3v) is 4.89. The maximum atomic E-state index is 12.6. The Bertz CT molecular complexity index is 1110. The lowest BCUT2D eigenvalue weighted by molar-refractivity contribution is -0.385. The highest BCUT2D eigenvalue weighted by molar-refractivity contribution is 6.24. The fourth-order valence-electron chi connectivity index (χ4n) is 3.54. The maximum absolute atomic E-state index is 12.6. The molecule has 0 radical (unpaired) electrons. The van der Waals surface area contributed by atoms with Gasteiger partial charge in [0.1, 0.15) is 11.1 Å². The number of benzene rings is 2. The molecule has 0 aromatic heterocycles. The lowest BCUT2D eigenvalue weighted by atomic mass is 10.1. The first-order valence-corrected chi connectivity index (χ1v) is 8.51. The zero-order valence-corrected chi connectivity index (χ0v) is 14.9. The predicted molar refractivity (Wildman–Crippen MR) is 96.9 cm³/mol. The van der Waals surface area contributed by atoms with E-state index in [0.717, 1.165) is 12.1 Å². The molecule has 0 aliphatic carbocycles. The largest absolute Gasteiger partial charge is 0.282 e. The molecule has 0 unspecified atom stereocenters. The van der Waals surface area contributed by atoms with Gasteiger partial charge in [0.15, 0.2) is 0 Å². The Labute approximate surface area is 166 Å². The van der Waals surface area contributed by atoms with Gasteiger partial charge in [0, 0.05) is 25.2 Å². The second-order valence-electron chi connectivity index (χ2n) is 6.44. The molecule has 2 aromatic rings. The number of nitrogens with zero attached hydrogens (tertiary/aromatic N) is 4. The lowest BCUT2D eigenvalue weighted by Gasteiger charge is -2.18. The van der Waals surface area contributed by atoms with Crippen molar-refractivity contribution in [3.8, 4) is 0 Å². The summed E-state index contributed by atoms with van der Waals surface area (Å²) in [5.41, 5.74) is -2.05. The minimum absolute atomic E-state index is 0.146. The summed E-state index contributed by atoms with van der Waals surface area (Å²) < 4.78 is 0. The zero-order chi connectivity index (χ0) is 21.7. The smallest absolute Gasteiger partial charge is 0.272 e. The van der Waals surface area contributed by atoms with E-state index < -0.39 is 57.9 Å². The van der Waals surface area contributed by atoms with Crippen molar-refractivity contribution in [2.75, 3.05) is 13.1 Å². The van der Waals surface area contributed by atoms with Crippen LogP contribution in [0.5, 0.6) is 0 Å². The summed E-state index contributed by atoms with van der Waals surface area (Å²) in [6.07, 6.45) is 0. The number of nitro benzene ring substituents is 2. The van der Waals surface area contributed by atoms with Crippen LogP contribution < -0.4 is 0 Å². The number of hydrogen-bond donors (Lipinski definition) is 0. The molecule has 0 saturated carbocycles. The molecule has 0 atom stereocenters. The van der Waals surface area contributed by atoms with E-state index in [2.05, 4.69) is 0 Å². The Morgan fingerprint density at radius 2 is 1.00 bits per heavy atom. The molecule has 2 aromatic carbocycles.